The largest absolute Gasteiger partial charge is 0.507 e. The average Bonchev–Trinajstić information content (AvgIpc) is 4.09. The second-order valence-corrected chi connectivity index (χ2v) is 19.6. The van der Waals surface area contributed by atoms with E-state index in [-0.39, 0.29) is 66.1 Å². The van der Waals surface area contributed by atoms with Crippen LogP contribution in [0.2, 0.25) is 0 Å². The minimum Gasteiger partial charge on any atom is -0.507 e. The van der Waals surface area contributed by atoms with E-state index in [9.17, 15) is 68.7 Å². The number of aromatic hydroxyl groups is 2. The van der Waals surface area contributed by atoms with Crippen LogP contribution in [0, 0.1) is 0 Å². The third-order valence-corrected chi connectivity index (χ3v) is 14.7. The molecule has 8 rings (SSSR count). The zero-order valence-electron chi connectivity index (χ0n) is 41.3. The molecular weight excluding hydrogens is 983 g/mol. The van der Waals surface area contributed by atoms with Crippen molar-refractivity contribution >= 4 is 52.9 Å². The summed E-state index contributed by atoms with van der Waals surface area (Å²) in [5.41, 5.74) is -3.22. The maximum Gasteiger partial charge on any atom is 0.307 e. The van der Waals surface area contributed by atoms with Crippen LogP contribution in [0.1, 0.15) is 113 Å². The lowest BCUT2D eigenvalue weighted by Gasteiger charge is -2.43. The van der Waals surface area contributed by atoms with E-state index in [2.05, 4.69) is 16.0 Å². The number of hydrogen-bond acceptors (Lipinski definition) is 17. The standard InChI is InChI=1S/C52H59N5O18/c1-24(54-50(70)31-8-5-15-56(31)36(60)17-26-11-13-27(14-12-26)18-38(62)63)49(69)53-22-37(61)57-16-6-9-32(57)51(71)55-30-19-39(74-25(2)44(30)64)75-34-21-52(72,35(59)23-58)20-29-41(34)48(68)43-42(46(29)66)45(65)28-7-4-10-33(73-3)40(28)47(43)67/h4,7,10-14,24-25,30-32,34,39,44,58,64,66,68,72H,5-6,8-9,15-23H2,1-3H3,(H,53,69)(H,54,70)(H,55,71)(H,62,63)/t24-,25-,30-,31-,32-,34-,39-,44+,52-/m0/s1. The SMILES string of the molecule is COc1cccc2c1C(=O)c1c(O)c3c(c(O)c1C2=O)C[C@@](O)(C(=O)CO)C[C@@H]3O[C@H]1C[C@H](NC(=O)[C@@H]2CCCN2C(=O)CNC(=O)[C@H](C)NC(=O)[C@@H]2CCCN2C(=O)Cc2ccc(CC(=O)O)cc2)[C@H](O)[C@H](C)O1. The summed E-state index contributed by atoms with van der Waals surface area (Å²) in [6.45, 7) is 1.70. The fourth-order valence-corrected chi connectivity index (χ4v) is 10.8. The Hall–Kier alpha value is -7.31. The van der Waals surface area contributed by atoms with Gasteiger partial charge in [0.25, 0.3) is 0 Å². The molecule has 2 aliphatic carbocycles. The van der Waals surface area contributed by atoms with Gasteiger partial charge in [0.2, 0.25) is 35.3 Å². The van der Waals surface area contributed by atoms with Gasteiger partial charge >= 0.3 is 5.97 Å². The Labute approximate surface area is 429 Å². The third kappa shape index (κ3) is 10.7. The molecule has 3 saturated heterocycles. The Balaban J connectivity index is 0.897. The summed E-state index contributed by atoms with van der Waals surface area (Å²) in [7, 11) is 1.28. The number of carboxylic acids is 1. The molecule has 9 atom stereocenters. The molecule has 5 amide bonds. The van der Waals surface area contributed by atoms with Gasteiger partial charge in [-0.2, -0.15) is 0 Å². The number of ether oxygens (including phenoxy) is 3. The second-order valence-electron chi connectivity index (χ2n) is 19.6. The number of fused-ring (bicyclic) bond motifs is 3. The Morgan fingerprint density at radius 1 is 0.853 bits per heavy atom. The van der Waals surface area contributed by atoms with E-state index < -0.39 is 150 Å². The Morgan fingerprint density at radius 3 is 2.12 bits per heavy atom. The molecule has 0 aromatic heterocycles. The van der Waals surface area contributed by atoms with Crippen molar-refractivity contribution in [3.8, 4) is 17.2 Å². The van der Waals surface area contributed by atoms with E-state index in [0.717, 1.165) is 0 Å². The van der Waals surface area contributed by atoms with Gasteiger partial charge in [0.05, 0.1) is 61.4 Å². The van der Waals surface area contributed by atoms with Crippen LogP contribution in [0.25, 0.3) is 0 Å². The number of ketones is 3. The van der Waals surface area contributed by atoms with E-state index in [1.807, 2.05) is 0 Å². The number of amides is 5. The average molecular weight is 1040 g/mol. The number of phenolic OH excluding ortho intramolecular Hbond substituents is 2. The summed E-state index contributed by atoms with van der Waals surface area (Å²) < 4.78 is 17.6. The summed E-state index contributed by atoms with van der Waals surface area (Å²) >= 11 is 0. The molecule has 75 heavy (non-hydrogen) atoms. The maximum absolute atomic E-state index is 14.1. The molecule has 0 bridgehead atoms. The molecule has 0 unspecified atom stereocenters. The third-order valence-electron chi connectivity index (χ3n) is 14.7. The van der Waals surface area contributed by atoms with Crippen LogP contribution in [-0.2, 0) is 62.3 Å². The molecule has 23 nitrogen and oxygen atoms in total. The Kier molecular flexibility index (Phi) is 15.7. The first-order valence-electron chi connectivity index (χ1n) is 24.7. The van der Waals surface area contributed by atoms with Crippen molar-refractivity contribution in [3.05, 3.63) is 87.0 Å². The van der Waals surface area contributed by atoms with E-state index >= 15 is 0 Å². The summed E-state index contributed by atoms with van der Waals surface area (Å²) in [6, 6.07) is 6.70. The predicted octanol–water partition coefficient (Wildman–Crippen LogP) is -0.368. The number of nitrogens with zero attached hydrogens (tertiary/aromatic N) is 2. The Morgan fingerprint density at radius 2 is 1.48 bits per heavy atom. The Bertz CT molecular complexity index is 2840. The number of aliphatic hydroxyl groups is 3. The molecule has 3 aromatic rings. The number of rotatable bonds is 16. The summed E-state index contributed by atoms with van der Waals surface area (Å²) in [5, 5.41) is 73.3. The predicted molar refractivity (Wildman–Crippen MR) is 257 cm³/mol. The van der Waals surface area contributed by atoms with Gasteiger partial charge in [-0.1, -0.05) is 36.4 Å². The molecule has 0 radical (unpaired) electrons. The fourth-order valence-electron chi connectivity index (χ4n) is 10.8. The summed E-state index contributed by atoms with van der Waals surface area (Å²) in [4.78, 5) is 122. The lowest BCUT2D eigenvalue weighted by atomic mass is 9.72. The van der Waals surface area contributed by atoms with Gasteiger partial charge in [0, 0.05) is 49.0 Å². The van der Waals surface area contributed by atoms with Crippen LogP contribution in [0.15, 0.2) is 42.5 Å². The number of benzene rings is 3. The van der Waals surface area contributed by atoms with Crippen LogP contribution in [0.4, 0.5) is 0 Å². The molecule has 5 aliphatic rings. The van der Waals surface area contributed by atoms with E-state index in [1.165, 1.54) is 49.0 Å². The van der Waals surface area contributed by atoms with Crippen LogP contribution in [-0.4, -0.2) is 175 Å². The van der Waals surface area contributed by atoms with Crippen molar-refractivity contribution in [1.29, 1.82) is 0 Å². The molecule has 400 valence electrons. The number of nitrogens with one attached hydrogen (secondary N) is 3. The molecule has 3 aliphatic heterocycles. The van der Waals surface area contributed by atoms with Crippen molar-refractivity contribution in [3.63, 3.8) is 0 Å². The molecule has 23 heteroatoms. The quantitative estimate of drug-likeness (QED) is 0.0647. The molecule has 0 spiro atoms. The molecule has 3 aromatic carbocycles. The normalized spacial score (nSPS) is 25.3. The minimum absolute atomic E-state index is 0.0165. The minimum atomic E-state index is -2.42. The first-order chi connectivity index (χ1) is 35.7. The van der Waals surface area contributed by atoms with Gasteiger partial charge in [-0.25, -0.2) is 0 Å². The summed E-state index contributed by atoms with van der Waals surface area (Å²) in [6.07, 6.45) is -5.57. The number of Topliss-reactive ketones (excluding diaryl/α,β-unsaturated/α-hetero) is 1. The first kappa shape index (κ1) is 54.0. The zero-order valence-corrected chi connectivity index (χ0v) is 41.3. The fraction of sp³-hybridized carbons (Fsp3) is 0.481. The number of carboxylic acid groups (broad SMARTS) is 1. The van der Waals surface area contributed by atoms with Gasteiger partial charge in [-0.05, 0) is 56.7 Å². The van der Waals surface area contributed by atoms with Gasteiger partial charge in [-0.3, -0.25) is 43.2 Å². The van der Waals surface area contributed by atoms with Crippen molar-refractivity contribution in [2.24, 2.45) is 0 Å². The van der Waals surface area contributed by atoms with Crippen LogP contribution >= 0.6 is 0 Å². The van der Waals surface area contributed by atoms with Gasteiger partial charge < -0.3 is 70.6 Å². The number of methoxy groups -OCH3 is 1. The maximum atomic E-state index is 14.1. The number of aliphatic hydroxyl groups excluding tert-OH is 2. The van der Waals surface area contributed by atoms with Crippen molar-refractivity contribution in [1.82, 2.24) is 25.8 Å². The van der Waals surface area contributed by atoms with Gasteiger partial charge in [0.1, 0.15) is 53.7 Å². The smallest absolute Gasteiger partial charge is 0.307 e. The van der Waals surface area contributed by atoms with Crippen molar-refractivity contribution in [2.75, 3.05) is 33.4 Å². The molecule has 3 fully saturated rings. The second kappa shape index (κ2) is 21.9. The number of carbonyl (C=O) groups excluding carboxylic acids is 8. The van der Waals surface area contributed by atoms with Crippen LogP contribution in [0.3, 0.4) is 0 Å². The lowest BCUT2D eigenvalue weighted by Crippen LogP contribution is -2.59. The van der Waals surface area contributed by atoms with Crippen molar-refractivity contribution < 1.29 is 88.0 Å². The number of hydrogen-bond donors (Lipinski definition) is 9. The first-order valence-corrected chi connectivity index (χ1v) is 24.7. The van der Waals surface area contributed by atoms with Gasteiger partial charge in [-0.15, -0.1) is 0 Å². The molecule has 0 saturated carbocycles. The molecular formula is C52H59N5O18. The van der Waals surface area contributed by atoms with E-state index in [1.54, 1.807) is 24.3 Å². The number of phenols is 2. The number of aliphatic carboxylic acids is 1. The topological polar surface area (TPSA) is 345 Å². The lowest BCUT2D eigenvalue weighted by molar-refractivity contribution is -0.249. The summed E-state index contributed by atoms with van der Waals surface area (Å²) in [5.74, 6) is -8.19. The zero-order chi connectivity index (χ0) is 54.2. The van der Waals surface area contributed by atoms with E-state index in [4.69, 9.17) is 19.3 Å². The number of likely N-dealkylation sites (tertiary alicyclic amines) is 2. The highest BCUT2D eigenvalue weighted by Crippen LogP contribution is 2.52. The highest BCUT2D eigenvalue weighted by molar-refractivity contribution is 6.31. The molecule has 3 heterocycles. The highest BCUT2D eigenvalue weighted by atomic mass is 16.7. The van der Waals surface area contributed by atoms with Crippen molar-refractivity contribution in [2.45, 2.75) is 126 Å². The number of carbonyl (C=O) groups is 9. The van der Waals surface area contributed by atoms with Gasteiger partial charge in [0.15, 0.2) is 17.9 Å². The van der Waals surface area contributed by atoms with Crippen LogP contribution in [0.5, 0.6) is 17.2 Å². The highest BCUT2D eigenvalue weighted by Gasteiger charge is 2.51. The molecule has 9 N–H and O–H groups in total. The van der Waals surface area contributed by atoms with E-state index in [0.29, 0.717) is 36.9 Å². The monoisotopic (exact) mass is 1040 g/mol. The van der Waals surface area contributed by atoms with Crippen LogP contribution < -0.4 is 20.7 Å².